The van der Waals surface area contributed by atoms with Crippen LogP contribution in [-0.2, 0) is 19.7 Å². The summed E-state index contributed by atoms with van der Waals surface area (Å²) in [6.07, 6.45) is 1.12. The first-order valence-corrected chi connectivity index (χ1v) is 9.70. The number of benzene rings is 1. The fraction of sp³-hybridized carbons (Fsp3) is 0.450. The number of hydrogen-bond donors (Lipinski definition) is 1. The van der Waals surface area contributed by atoms with Crippen LogP contribution in [0.2, 0.25) is 0 Å². The van der Waals surface area contributed by atoms with Crippen LogP contribution in [0.4, 0.5) is 0 Å². The molecule has 5 nitrogen and oxygen atoms in total. The Morgan fingerprint density at radius 2 is 2.04 bits per heavy atom. The van der Waals surface area contributed by atoms with Gasteiger partial charge in [-0.15, -0.1) is 0 Å². The van der Waals surface area contributed by atoms with Crippen LogP contribution in [0.1, 0.15) is 30.1 Å². The van der Waals surface area contributed by atoms with Crippen LogP contribution >= 0.6 is 11.3 Å². The standard InChI is InChI=1S/C20H25NO4S/c1-23-17-6-4-3-5-16(17)20(8-10-25-11-9-20)19(22)21-13-18(24-2)15-7-12-26-14-15/h3-7,12,14,18H,8-11,13H2,1-2H3,(H,21,22). The summed E-state index contributed by atoms with van der Waals surface area (Å²) in [5.41, 5.74) is 1.36. The Labute approximate surface area is 158 Å². The number of ether oxygens (including phenoxy) is 3. The third-order valence-corrected chi connectivity index (χ3v) is 5.75. The molecular weight excluding hydrogens is 350 g/mol. The number of methoxy groups -OCH3 is 2. The fourth-order valence-electron chi connectivity index (χ4n) is 3.53. The molecule has 0 spiro atoms. The number of rotatable bonds is 7. The van der Waals surface area contributed by atoms with Crippen LogP contribution in [0.15, 0.2) is 41.1 Å². The first-order valence-electron chi connectivity index (χ1n) is 8.75. The average molecular weight is 375 g/mol. The number of nitrogens with one attached hydrogen (secondary N) is 1. The minimum atomic E-state index is -0.641. The third-order valence-electron chi connectivity index (χ3n) is 5.05. The van der Waals surface area contributed by atoms with Gasteiger partial charge in [0.15, 0.2) is 0 Å². The number of carbonyl (C=O) groups excluding carboxylic acids is 1. The van der Waals surface area contributed by atoms with Crippen molar-refractivity contribution < 1.29 is 19.0 Å². The van der Waals surface area contributed by atoms with Gasteiger partial charge in [-0.25, -0.2) is 0 Å². The lowest BCUT2D eigenvalue weighted by Gasteiger charge is -2.37. The molecule has 1 aliphatic rings. The lowest BCUT2D eigenvalue weighted by molar-refractivity contribution is -0.131. The monoisotopic (exact) mass is 375 g/mol. The van der Waals surface area contributed by atoms with Crippen molar-refractivity contribution in [3.8, 4) is 5.75 Å². The predicted octanol–water partition coefficient (Wildman–Crippen LogP) is 3.31. The molecule has 26 heavy (non-hydrogen) atoms. The van der Waals surface area contributed by atoms with Crippen molar-refractivity contribution in [1.29, 1.82) is 0 Å². The first-order chi connectivity index (χ1) is 12.7. The van der Waals surface area contributed by atoms with Crippen molar-refractivity contribution in [2.75, 3.05) is 34.0 Å². The molecule has 1 aromatic heterocycles. The van der Waals surface area contributed by atoms with Gasteiger partial charge < -0.3 is 19.5 Å². The van der Waals surface area contributed by atoms with Crippen molar-refractivity contribution in [3.05, 3.63) is 52.2 Å². The molecule has 0 saturated carbocycles. The van der Waals surface area contributed by atoms with E-state index in [9.17, 15) is 4.79 Å². The highest BCUT2D eigenvalue weighted by molar-refractivity contribution is 7.07. The molecular formula is C20H25NO4S. The highest BCUT2D eigenvalue weighted by atomic mass is 32.1. The van der Waals surface area contributed by atoms with Crippen LogP contribution in [0.3, 0.4) is 0 Å². The molecule has 1 N–H and O–H groups in total. The molecule has 6 heteroatoms. The maximum atomic E-state index is 13.3. The minimum absolute atomic E-state index is 0.00239. The van der Waals surface area contributed by atoms with Crippen LogP contribution in [0.25, 0.3) is 0 Å². The molecule has 3 rings (SSSR count). The zero-order valence-electron chi connectivity index (χ0n) is 15.2. The van der Waals surface area contributed by atoms with Crippen LogP contribution in [0.5, 0.6) is 5.75 Å². The van der Waals surface area contributed by atoms with Gasteiger partial charge in [0, 0.05) is 32.4 Å². The number of para-hydroxylation sites is 1. The number of carbonyl (C=O) groups is 1. The molecule has 1 unspecified atom stereocenters. The SMILES string of the molecule is COc1ccccc1C1(C(=O)NCC(OC)c2ccsc2)CCOCC1. The summed E-state index contributed by atoms with van der Waals surface area (Å²) < 4.78 is 16.6. The van der Waals surface area contributed by atoms with Gasteiger partial charge in [-0.05, 0) is 41.3 Å². The maximum Gasteiger partial charge on any atom is 0.231 e. The quantitative estimate of drug-likeness (QED) is 0.807. The van der Waals surface area contributed by atoms with Gasteiger partial charge in [-0.2, -0.15) is 11.3 Å². The first kappa shape index (κ1) is 18.9. The molecule has 0 radical (unpaired) electrons. The summed E-state index contributed by atoms with van der Waals surface area (Å²) in [5.74, 6) is 0.744. The van der Waals surface area contributed by atoms with Crippen LogP contribution in [-0.4, -0.2) is 39.9 Å². The molecule has 1 atom stereocenters. The molecule has 140 valence electrons. The molecule has 1 saturated heterocycles. The zero-order valence-corrected chi connectivity index (χ0v) is 16.0. The summed E-state index contributed by atoms with van der Waals surface area (Å²) in [6.45, 7) is 1.55. The van der Waals surface area contributed by atoms with E-state index in [4.69, 9.17) is 14.2 Å². The summed E-state index contributed by atoms with van der Waals surface area (Å²) in [4.78, 5) is 13.3. The Bertz CT molecular complexity index is 710. The molecule has 0 aliphatic carbocycles. The summed E-state index contributed by atoms with van der Waals surface area (Å²) in [6, 6.07) is 9.78. The van der Waals surface area contributed by atoms with Crippen molar-refractivity contribution in [2.24, 2.45) is 0 Å². The van der Waals surface area contributed by atoms with Crippen molar-refractivity contribution >= 4 is 17.2 Å². The van der Waals surface area contributed by atoms with Crippen LogP contribution in [0, 0.1) is 0 Å². The van der Waals surface area contributed by atoms with Crippen molar-refractivity contribution in [2.45, 2.75) is 24.4 Å². The summed E-state index contributed by atoms with van der Waals surface area (Å²) in [5, 5.41) is 7.17. The molecule has 0 bridgehead atoms. The van der Waals surface area contributed by atoms with Gasteiger partial charge in [0.2, 0.25) is 5.91 Å². The Kier molecular flexibility index (Phi) is 6.29. The molecule has 2 heterocycles. The van der Waals surface area contributed by atoms with E-state index in [1.807, 2.05) is 41.1 Å². The van der Waals surface area contributed by atoms with Crippen molar-refractivity contribution in [1.82, 2.24) is 5.32 Å². The largest absolute Gasteiger partial charge is 0.496 e. The number of thiophene rings is 1. The van der Waals surface area contributed by atoms with Crippen LogP contribution < -0.4 is 10.1 Å². The second-order valence-corrected chi connectivity index (χ2v) is 7.17. The van der Waals surface area contributed by atoms with E-state index in [1.165, 1.54) is 0 Å². The Hall–Kier alpha value is -1.89. The molecule has 1 aromatic carbocycles. The van der Waals surface area contributed by atoms with E-state index in [-0.39, 0.29) is 12.0 Å². The maximum absolute atomic E-state index is 13.3. The lowest BCUT2D eigenvalue weighted by atomic mass is 9.73. The normalized spacial score (nSPS) is 17.5. The fourth-order valence-corrected chi connectivity index (χ4v) is 4.23. The van der Waals surface area contributed by atoms with Gasteiger partial charge >= 0.3 is 0 Å². The smallest absolute Gasteiger partial charge is 0.231 e. The number of amides is 1. The van der Waals surface area contributed by atoms with Gasteiger partial charge in [-0.1, -0.05) is 18.2 Å². The van der Waals surface area contributed by atoms with E-state index >= 15 is 0 Å². The average Bonchev–Trinajstić information content (AvgIpc) is 3.23. The van der Waals surface area contributed by atoms with E-state index in [0.717, 1.165) is 16.9 Å². The summed E-state index contributed by atoms with van der Waals surface area (Å²) in [7, 11) is 3.31. The highest BCUT2D eigenvalue weighted by Crippen LogP contribution is 2.40. The third kappa shape index (κ3) is 3.77. The predicted molar refractivity (Wildman–Crippen MR) is 102 cm³/mol. The van der Waals surface area contributed by atoms with E-state index in [2.05, 4.69) is 5.32 Å². The lowest BCUT2D eigenvalue weighted by Crippen LogP contribution is -2.49. The molecule has 1 amide bonds. The topological polar surface area (TPSA) is 56.8 Å². The number of hydrogen-bond acceptors (Lipinski definition) is 5. The van der Waals surface area contributed by atoms with Gasteiger partial charge in [0.25, 0.3) is 0 Å². The van der Waals surface area contributed by atoms with E-state index < -0.39 is 5.41 Å². The van der Waals surface area contributed by atoms with E-state index in [1.54, 1.807) is 25.6 Å². The van der Waals surface area contributed by atoms with Gasteiger partial charge in [0.1, 0.15) is 11.9 Å². The van der Waals surface area contributed by atoms with E-state index in [0.29, 0.717) is 32.6 Å². The minimum Gasteiger partial charge on any atom is -0.496 e. The summed E-state index contributed by atoms with van der Waals surface area (Å²) >= 11 is 1.62. The van der Waals surface area contributed by atoms with Crippen molar-refractivity contribution in [3.63, 3.8) is 0 Å². The second kappa shape index (κ2) is 8.66. The Balaban J connectivity index is 1.82. The highest BCUT2D eigenvalue weighted by Gasteiger charge is 2.43. The Morgan fingerprint density at radius 1 is 1.27 bits per heavy atom. The molecule has 1 fully saturated rings. The Morgan fingerprint density at radius 3 is 2.69 bits per heavy atom. The molecule has 2 aromatic rings. The van der Waals surface area contributed by atoms with Gasteiger partial charge in [0.05, 0.1) is 12.5 Å². The van der Waals surface area contributed by atoms with Gasteiger partial charge in [-0.3, -0.25) is 4.79 Å². The zero-order chi connectivity index (χ0) is 18.4. The molecule has 1 aliphatic heterocycles. The second-order valence-electron chi connectivity index (χ2n) is 6.39.